The van der Waals surface area contributed by atoms with Gasteiger partial charge in [-0.25, -0.2) is 4.98 Å². The summed E-state index contributed by atoms with van der Waals surface area (Å²) in [5.74, 6) is 2.20. The van der Waals surface area contributed by atoms with E-state index in [2.05, 4.69) is 9.55 Å². The van der Waals surface area contributed by atoms with Gasteiger partial charge in [0.1, 0.15) is 5.82 Å². The van der Waals surface area contributed by atoms with E-state index >= 15 is 0 Å². The van der Waals surface area contributed by atoms with Crippen molar-refractivity contribution in [3.05, 3.63) is 29.0 Å². The van der Waals surface area contributed by atoms with Crippen LogP contribution >= 0.6 is 23.2 Å². The molecule has 19 heavy (non-hydrogen) atoms. The largest absolute Gasteiger partial charge is 0.328 e. The van der Waals surface area contributed by atoms with Gasteiger partial charge < -0.3 is 4.57 Å². The Morgan fingerprint density at radius 3 is 2.89 bits per heavy atom. The summed E-state index contributed by atoms with van der Waals surface area (Å²) in [6.45, 7) is 0.794. The molecule has 0 fully saturated rings. The fraction of sp³-hybridized carbons (Fsp3) is 0.462. The molecular formula is C13H16Cl2N2OS. The number of imidazole rings is 1. The van der Waals surface area contributed by atoms with Crippen LogP contribution < -0.4 is 0 Å². The van der Waals surface area contributed by atoms with Gasteiger partial charge in [0.2, 0.25) is 0 Å². The summed E-state index contributed by atoms with van der Waals surface area (Å²) >= 11 is 11.9. The molecule has 0 bridgehead atoms. The van der Waals surface area contributed by atoms with Crippen LogP contribution in [-0.2, 0) is 23.8 Å². The Morgan fingerprint density at radius 2 is 2.21 bits per heavy atom. The quantitative estimate of drug-likeness (QED) is 0.766. The number of fused-ring (bicyclic) bond motifs is 1. The molecular weight excluding hydrogens is 303 g/mol. The lowest BCUT2D eigenvalue weighted by molar-refractivity contribution is 0.650. The number of benzene rings is 1. The lowest BCUT2D eigenvalue weighted by atomic mass is 10.3. The molecule has 1 unspecified atom stereocenters. The molecule has 0 aliphatic rings. The second kappa shape index (κ2) is 6.73. The molecule has 0 aliphatic carbocycles. The second-order valence-electron chi connectivity index (χ2n) is 4.38. The Balaban J connectivity index is 2.33. The third kappa shape index (κ3) is 3.71. The first-order valence-electron chi connectivity index (χ1n) is 6.12. The zero-order chi connectivity index (χ0) is 13.8. The Bertz CT molecular complexity index is 598. The fourth-order valence-corrected chi connectivity index (χ4v) is 2.97. The third-order valence-electron chi connectivity index (χ3n) is 2.92. The van der Waals surface area contributed by atoms with Crippen LogP contribution in [0.1, 0.15) is 12.2 Å². The van der Waals surface area contributed by atoms with E-state index in [1.165, 1.54) is 0 Å². The first-order valence-corrected chi connectivity index (χ1v) is 8.76. The number of rotatable bonds is 6. The lowest BCUT2D eigenvalue weighted by Gasteiger charge is -2.08. The predicted molar refractivity (Wildman–Crippen MR) is 82.7 cm³/mol. The highest BCUT2D eigenvalue weighted by molar-refractivity contribution is 7.84. The molecule has 1 aromatic heterocycles. The van der Waals surface area contributed by atoms with Crippen LogP contribution in [0.15, 0.2) is 18.2 Å². The van der Waals surface area contributed by atoms with E-state index < -0.39 is 10.8 Å². The number of alkyl halides is 1. The highest BCUT2D eigenvalue weighted by Gasteiger charge is 2.10. The molecule has 1 heterocycles. The van der Waals surface area contributed by atoms with Crippen LogP contribution in [0.2, 0.25) is 5.02 Å². The second-order valence-corrected chi connectivity index (χ2v) is 6.75. The minimum atomic E-state index is -0.761. The maximum atomic E-state index is 11.1. The molecule has 2 aromatic rings. The molecule has 0 aliphatic heterocycles. The number of halogens is 2. The topological polar surface area (TPSA) is 34.9 Å². The van der Waals surface area contributed by atoms with E-state index in [1.54, 1.807) is 6.26 Å². The molecule has 104 valence electrons. The van der Waals surface area contributed by atoms with E-state index in [4.69, 9.17) is 23.2 Å². The van der Waals surface area contributed by atoms with Gasteiger partial charge in [0, 0.05) is 46.7 Å². The van der Waals surface area contributed by atoms with Crippen molar-refractivity contribution < 1.29 is 4.21 Å². The van der Waals surface area contributed by atoms with Crippen LogP contribution in [0.3, 0.4) is 0 Å². The zero-order valence-electron chi connectivity index (χ0n) is 10.7. The van der Waals surface area contributed by atoms with E-state index in [0.29, 0.717) is 16.7 Å². The van der Waals surface area contributed by atoms with Crippen LogP contribution in [0, 0.1) is 0 Å². The van der Waals surface area contributed by atoms with Crippen molar-refractivity contribution in [3.8, 4) is 0 Å². The van der Waals surface area contributed by atoms with Crippen LogP contribution in [0.5, 0.6) is 0 Å². The Morgan fingerprint density at radius 1 is 1.42 bits per heavy atom. The van der Waals surface area contributed by atoms with Gasteiger partial charge in [-0.05, 0) is 24.6 Å². The van der Waals surface area contributed by atoms with Crippen molar-refractivity contribution in [1.29, 1.82) is 0 Å². The monoisotopic (exact) mass is 318 g/mol. The standard InChI is InChI=1S/C13H16Cl2N2OS/c1-19(18)8-2-7-17-12-9-10(15)3-4-11(12)16-13(17)5-6-14/h3-4,9H,2,5-8H2,1H3. The molecule has 0 radical (unpaired) electrons. The average Bonchev–Trinajstić information content (AvgIpc) is 2.67. The number of nitrogens with zero attached hydrogens (tertiary/aromatic N) is 2. The number of aryl methyl sites for hydroxylation is 2. The summed E-state index contributed by atoms with van der Waals surface area (Å²) in [5, 5.41) is 0.699. The van der Waals surface area contributed by atoms with Gasteiger partial charge in [-0.2, -0.15) is 0 Å². The normalized spacial score (nSPS) is 13.0. The molecule has 0 saturated heterocycles. The van der Waals surface area contributed by atoms with Gasteiger partial charge in [0.15, 0.2) is 0 Å². The maximum absolute atomic E-state index is 11.1. The molecule has 6 heteroatoms. The number of aromatic nitrogens is 2. The maximum Gasteiger partial charge on any atom is 0.111 e. The minimum absolute atomic E-state index is 0.538. The van der Waals surface area contributed by atoms with Gasteiger partial charge in [-0.3, -0.25) is 4.21 Å². The summed E-state index contributed by atoms with van der Waals surface area (Å²) < 4.78 is 13.3. The third-order valence-corrected chi connectivity index (χ3v) is 4.21. The molecule has 0 amide bonds. The molecule has 2 rings (SSSR count). The van der Waals surface area contributed by atoms with Crippen LogP contribution in [0.4, 0.5) is 0 Å². The minimum Gasteiger partial charge on any atom is -0.328 e. The van der Waals surface area contributed by atoms with Gasteiger partial charge in [-0.15, -0.1) is 11.6 Å². The summed E-state index contributed by atoms with van der Waals surface area (Å²) in [7, 11) is -0.761. The predicted octanol–water partition coefficient (Wildman–Crippen LogP) is 3.24. The first kappa shape index (κ1) is 14.8. The van der Waals surface area contributed by atoms with E-state index in [0.717, 1.165) is 36.2 Å². The Labute approximate surface area is 125 Å². The molecule has 3 nitrogen and oxygen atoms in total. The van der Waals surface area contributed by atoms with Crippen molar-refractivity contribution in [2.24, 2.45) is 0 Å². The van der Waals surface area contributed by atoms with E-state index in [-0.39, 0.29) is 0 Å². The SMILES string of the molecule is CS(=O)CCCn1c(CCCl)nc2ccc(Cl)cc21. The first-order chi connectivity index (χ1) is 9.11. The van der Waals surface area contributed by atoms with Crippen molar-refractivity contribution in [3.63, 3.8) is 0 Å². The van der Waals surface area contributed by atoms with Crippen molar-refractivity contribution in [2.75, 3.05) is 17.9 Å². The molecule has 0 spiro atoms. The van der Waals surface area contributed by atoms with Gasteiger partial charge in [-0.1, -0.05) is 11.6 Å². The Kier molecular flexibility index (Phi) is 5.25. The van der Waals surface area contributed by atoms with Crippen molar-refractivity contribution in [1.82, 2.24) is 9.55 Å². The summed E-state index contributed by atoms with van der Waals surface area (Å²) in [5.41, 5.74) is 1.96. The van der Waals surface area contributed by atoms with Crippen LogP contribution in [-0.4, -0.2) is 31.6 Å². The molecule has 0 saturated carbocycles. The van der Waals surface area contributed by atoms with Crippen molar-refractivity contribution >= 4 is 45.0 Å². The average molecular weight is 319 g/mol. The van der Waals surface area contributed by atoms with E-state index in [1.807, 2.05) is 18.2 Å². The highest BCUT2D eigenvalue weighted by Crippen LogP contribution is 2.21. The number of hydrogen-bond donors (Lipinski definition) is 0. The van der Waals surface area contributed by atoms with Gasteiger partial charge in [0.25, 0.3) is 0 Å². The van der Waals surface area contributed by atoms with Gasteiger partial charge >= 0.3 is 0 Å². The summed E-state index contributed by atoms with van der Waals surface area (Å²) in [6, 6.07) is 5.68. The zero-order valence-corrected chi connectivity index (χ0v) is 13.1. The smallest absolute Gasteiger partial charge is 0.111 e. The van der Waals surface area contributed by atoms with Gasteiger partial charge in [0.05, 0.1) is 11.0 Å². The fourth-order valence-electron chi connectivity index (χ4n) is 2.10. The molecule has 1 aromatic carbocycles. The highest BCUT2D eigenvalue weighted by atomic mass is 35.5. The molecule has 1 atom stereocenters. The van der Waals surface area contributed by atoms with E-state index in [9.17, 15) is 4.21 Å². The lowest BCUT2D eigenvalue weighted by Crippen LogP contribution is -2.07. The van der Waals surface area contributed by atoms with Crippen molar-refractivity contribution in [2.45, 2.75) is 19.4 Å². The Hall–Kier alpha value is -0.580. The summed E-state index contributed by atoms with van der Waals surface area (Å²) in [6.07, 6.45) is 3.31. The molecule has 0 N–H and O–H groups in total. The number of hydrogen-bond acceptors (Lipinski definition) is 2. The summed E-state index contributed by atoms with van der Waals surface area (Å²) in [4.78, 5) is 4.59. The van der Waals surface area contributed by atoms with Crippen LogP contribution in [0.25, 0.3) is 11.0 Å².